The van der Waals surface area contributed by atoms with Gasteiger partial charge in [-0.05, 0) is 0 Å². The zero-order valence-electron chi connectivity index (χ0n) is 18.7. The fourth-order valence-electron chi connectivity index (χ4n) is 4.45. The minimum absolute atomic E-state index is 0.593. The molecule has 0 aliphatic rings. The van der Waals surface area contributed by atoms with Gasteiger partial charge in [-0.25, -0.2) is 0 Å². The van der Waals surface area contributed by atoms with Crippen molar-refractivity contribution in [2.24, 2.45) is 0 Å². The van der Waals surface area contributed by atoms with E-state index in [2.05, 4.69) is 113 Å². The van der Waals surface area contributed by atoms with E-state index in [-0.39, 0.29) is 0 Å². The number of benzene rings is 4. The first-order valence-electron chi connectivity index (χ1n) is 11.3. The van der Waals surface area contributed by atoms with E-state index in [1.54, 1.807) is 0 Å². The normalized spacial score (nSPS) is 12.4. The Labute approximate surface area is 209 Å². The van der Waals surface area contributed by atoms with E-state index in [1.807, 2.05) is 42.5 Å². The number of rotatable bonds is 7. The minimum atomic E-state index is -3.11. The summed E-state index contributed by atoms with van der Waals surface area (Å²) in [4.78, 5) is 4.96. The Hall–Kier alpha value is -3.26. The van der Waals surface area contributed by atoms with Crippen molar-refractivity contribution >= 4 is 36.7 Å². The Morgan fingerprint density at radius 1 is 0.529 bits per heavy atom. The molecule has 2 nitrogen and oxygen atoms in total. The third kappa shape index (κ3) is 4.18. The zero-order chi connectivity index (χ0) is 23.3. The van der Waals surface area contributed by atoms with Crippen LogP contribution in [0.3, 0.4) is 0 Å². The van der Waals surface area contributed by atoms with E-state index in [1.165, 1.54) is 15.9 Å². The van der Waals surface area contributed by atoms with Crippen LogP contribution in [0.1, 0.15) is 5.69 Å². The van der Waals surface area contributed by atoms with Crippen molar-refractivity contribution in [2.45, 2.75) is 6.16 Å². The van der Waals surface area contributed by atoms with E-state index >= 15 is 0 Å². The van der Waals surface area contributed by atoms with Gasteiger partial charge in [-0.1, -0.05) is 0 Å². The van der Waals surface area contributed by atoms with Gasteiger partial charge in [0.15, 0.2) is 0 Å². The second kappa shape index (κ2) is 9.54. The fraction of sp³-hybridized carbons (Fsp3) is 0.0333. The molecular formula is C30H25BrNOP. The van der Waals surface area contributed by atoms with E-state index in [4.69, 9.17) is 9.72 Å². The summed E-state index contributed by atoms with van der Waals surface area (Å²) in [7, 11) is 0. The van der Waals surface area contributed by atoms with Crippen LogP contribution in [-0.4, -0.2) is 4.98 Å². The van der Waals surface area contributed by atoms with Gasteiger partial charge in [-0.2, -0.15) is 0 Å². The molecule has 0 bridgehead atoms. The molecule has 0 amide bonds. The average Bonchev–Trinajstić information content (AvgIpc) is 2.91. The molecule has 0 aliphatic carbocycles. The molecule has 168 valence electrons. The maximum atomic E-state index is 6.07. The van der Waals surface area contributed by atoms with Gasteiger partial charge in [0, 0.05) is 0 Å². The zero-order valence-corrected chi connectivity index (χ0v) is 21.1. The Morgan fingerprint density at radius 2 is 0.971 bits per heavy atom. The van der Waals surface area contributed by atoms with Gasteiger partial charge in [0.1, 0.15) is 0 Å². The molecule has 5 rings (SSSR count). The summed E-state index contributed by atoms with van der Waals surface area (Å²) in [6.45, 7) is 0. The summed E-state index contributed by atoms with van der Waals surface area (Å²) >= 11 is 4.50. The standard InChI is InChI=1S/C30H25BrNOP/c31-34(27-17-7-2-8-18-27,28-19-9-3-10-20-28,29-21-11-4-12-22-29)24-25-14-13-23-30(32-25)33-26-15-5-1-6-16-26/h1-23H,24H2. The summed E-state index contributed by atoms with van der Waals surface area (Å²) in [5.41, 5.74) is 0.972. The van der Waals surface area contributed by atoms with Crippen LogP contribution in [0.2, 0.25) is 0 Å². The third-order valence-corrected chi connectivity index (χ3v) is 15.6. The van der Waals surface area contributed by atoms with E-state index in [0.29, 0.717) is 5.88 Å². The number of para-hydroxylation sites is 1. The average molecular weight is 526 g/mol. The number of hydrogen-bond acceptors (Lipinski definition) is 2. The Bertz CT molecular complexity index is 1260. The van der Waals surface area contributed by atoms with Gasteiger partial charge in [0.2, 0.25) is 0 Å². The molecule has 0 spiro atoms. The number of pyridine rings is 1. The summed E-state index contributed by atoms with van der Waals surface area (Å²) in [5.74, 6) is 1.37. The molecule has 4 aromatic carbocycles. The van der Waals surface area contributed by atoms with Crippen LogP contribution in [0.25, 0.3) is 0 Å². The predicted molar refractivity (Wildman–Crippen MR) is 149 cm³/mol. The van der Waals surface area contributed by atoms with Crippen LogP contribution >= 0.6 is 20.8 Å². The van der Waals surface area contributed by atoms with Crippen LogP contribution < -0.4 is 20.7 Å². The Kier molecular flexibility index (Phi) is 6.32. The van der Waals surface area contributed by atoms with Gasteiger partial charge >= 0.3 is 209 Å². The molecule has 0 unspecified atom stereocenters. The van der Waals surface area contributed by atoms with Crippen molar-refractivity contribution in [1.29, 1.82) is 0 Å². The van der Waals surface area contributed by atoms with Crippen molar-refractivity contribution in [2.75, 3.05) is 0 Å². The van der Waals surface area contributed by atoms with E-state index in [9.17, 15) is 0 Å². The van der Waals surface area contributed by atoms with Crippen LogP contribution in [0.5, 0.6) is 11.6 Å². The van der Waals surface area contributed by atoms with Crippen molar-refractivity contribution in [1.82, 2.24) is 4.98 Å². The van der Waals surface area contributed by atoms with Crippen LogP contribution in [0.4, 0.5) is 0 Å². The number of halogens is 1. The molecule has 0 saturated heterocycles. The van der Waals surface area contributed by atoms with Crippen molar-refractivity contribution < 1.29 is 4.74 Å². The van der Waals surface area contributed by atoms with Crippen LogP contribution in [-0.2, 0) is 6.16 Å². The van der Waals surface area contributed by atoms with Crippen LogP contribution in [0.15, 0.2) is 140 Å². The Morgan fingerprint density at radius 3 is 1.44 bits per heavy atom. The molecule has 1 heterocycles. The molecule has 34 heavy (non-hydrogen) atoms. The maximum absolute atomic E-state index is 6.07. The summed E-state index contributed by atoms with van der Waals surface area (Å²) in [6.07, 6.45) is 0.718. The predicted octanol–water partition coefficient (Wildman–Crippen LogP) is 7.21. The van der Waals surface area contributed by atoms with E-state index in [0.717, 1.165) is 17.6 Å². The molecular weight excluding hydrogens is 501 g/mol. The van der Waals surface area contributed by atoms with Gasteiger partial charge in [0.05, 0.1) is 0 Å². The monoisotopic (exact) mass is 525 g/mol. The van der Waals surface area contributed by atoms with Crippen molar-refractivity contribution in [3.8, 4) is 11.6 Å². The first-order chi connectivity index (χ1) is 16.7. The summed E-state index contributed by atoms with van der Waals surface area (Å²) in [6, 6.07) is 48.1. The molecule has 0 aliphatic heterocycles. The first-order valence-corrected chi connectivity index (χ1v) is 15.7. The van der Waals surface area contributed by atoms with Gasteiger partial charge in [-0.3, -0.25) is 0 Å². The topological polar surface area (TPSA) is 22.1 Å². The molecule has 0 fully saturated rings. The fourth-order valence-corrected chi connectivity index (χ4v) is 12.0. The third-order valence-electron chi connectivity index (χ3n) is 6.09. The van der Waals surface area contributed by atoms with Gasteiger partial charge in [-0.15, -0.1) is 0 Å². The molecule has 0 N–H and O–H groups in total. The second-order valence-electron chi connectivity index (χ2n) is 8.23. The molecule has 4 heteroatoms. The number of nitrogens with zero attached hydrogens (tertiary/aromatic N) is 1. The first kappa shape index (κ1) is 22.5. The van der Waals surface area contributed by atoms with Gasteiger partial charge in [0.25, 0.3) is 0 Å². The number of ether oxygens (including phenoxy) is 1. The number of aromatic nitrogens is 1. The van der Waals surface area contributed by atoms with Gasteiger partial charge < -0.3 is 0 Å². The summed E-state index contributed by atoms with van der Waals surface area (Å²) < 4.78 is 6.07. The quantitative estimate of drug-likeness (QED) is 0.209. The van der Waals surface area contributed by atoms with Crippen molar-refractivity contribution in [3.63, 3.8) is 0 Å². The molecule has 0 atom stereocenters. The summed E-state index contributed by atoms with van der Waals surface area (Å²) in [5, 5.41) is 0.692. The van der Waals surface area contributed by atoms with E-state index < -0.39 is 5.31 Å². The molecule has 0 saturated carbocycles. The Balaban J connectivity index is 1.70. The second-order valence-corrected chi connectivity index (χ2v) is 17.2. The number of hydrogen-bond donors (Lipinski definition) is 0. The molecule has 1 aromatic heterocycles. The SMILES string of the molecule is BrP(Cc1cccc(Oc2ccccc2)n1)(c1ccccc1)(c1ccccc1)c1ccccc1. The molecule has 0 radical (unpaired) electrons. The van der Waals surface area contributed by atoms with Crippen LogP contribution in [0, 0.1) is 0 Å². The molecule has 5 aromatic rings. The van der Waals surface area contributed by atoms with Crippen molar-refractivity contribution in [3.05, 3.63) is 145 Å².